The first-order valence-corrected chi connectivity index (χ1v) is 6.64. The molecule has 0 aliphatic carbocycles. The minimum Gasteiger partial charge on any atom is -0.497 e. The molecule has 1 N–H and O–H groups in total. The average molecular weight is 278 g/mol. The van der Waals surface area contributed by atoms with E-state index in [1.54, 1.807) is 13.2 Å². The summed E-state index contributed by atoms with van der Waals surface area (Å²) in [5, 5.41) is 9.43. The van der Waals surface area contributed by atoms with E-state index in [0.29, 0.717) is 11.7 Å². The summed E-state index contributed by atoms with van der Waals surface area (Å²) >= 11 is 1.20. The van der Waals surface area contributed by atoms with Crippen molar-refractivity contribution in [3.05, 3.63) is 30.9 Å². The second kappa shape index (κ2) is 5.79. The summed E-state index contributed by atoms with van der Waals surface area (Å²) in [6.45, 7) is 4.30. The summed E-state index contributed by atoms with van der Waals surface area (Å²) in [5.41, 5.74) is 1.72. The number of hydrogen-bond acceptors (Lipinski definition) is 4. The number of thioether (sulfide) groups is 1. The quantitative estimate of drug-likeness (QED) is 0.649. The Labute approximate surface area is 114 Å². The molecule has 0 atom stereocenters. The van der Waals surface area contributed by atoms with E-state index in [0.717, 1.165) is 16.8 Å². The Hall–Kier alpha value is -1.95. The number of benzene rings is 1. The van der Waals surface area contributed by atoms with Gasteiger partial charge in [0.2, 0.25) is 0 Å². The Bertz CT molecular complexity index is 622. The van der Waals surface area contributed by atoms with Gasteiger partial charge in [-0.05, 0) is 12.1 Å². The second-order valence-corrected chi connectivity index (χ2v) is 4.77. The lowest BCUT2D eigenvalue weighted by Gasteiger charge is -2.05. The lowest BCUT2D eigenvalue weighted by atomic mass is 10.3. The van der Waals surface area contributed by atoms with Crippen LogP contribution in [0.5, 0.6) is 5.75 Å². The number of fused-ring (bicyclic) bond motifs is 1. The minimum atomic E-state index is -0.861. The van der Waals surface area contributed by atoms with Crippen LogP contribution in [0.25, 0.3) is 11.0 Å². The largest absolute Gasteiger partial charge is 0.497 e. The minimum absolute atomic E-state index is 0.0163. The maximum Gasteiger partial charge on any atom is 0.313 e. The normalized spacial score (nSPS) is 10.6. The molecular weight excluding hydrogens is 264 g/mol. The van der Waals surface area contributed by atoms with Gasteiger partial charge in [0.1, 0.15) is 5.75 Å². The molecule has 0 unspecified atom stereocenters. The van der Waals surface area contributed by atoms with Crippen LogP contribution in [-0.2, 0) is 11.3 Å². The molecule has 1 heterocycles. The summed E-state index contributed by atoms with van der Waals surface area (Å²) in [5.74, 6) is -0.150. The van der Waals surface area contributed by atoms with Crippen molar-refractivity contribution in [3.63, 3.8) is 0 Å². The Balaban J connectivity index is 2.45. The molecule has 2 aromatic rings. The summed E-state index contributed by atoms with van der Waals surface area (Å²) in [4.78, 5) is 15.1. The van der Waals surface area contributed by atoms with Crippen molar-refractivity contribution >= 4 is 28.8 Å². The monoisotopic (exact) mass is 278 g/mol. The van der Waals surface area contributed by atoms with Gasteiger partial charge in [-0.3, -0.25) is 4.79 Å². The van der Waals surface area contributed by atoms with Gasteiger partial charge in [-0.1, -0.05) is 17.8 Å². The molecule has 0 bridgehead atoms. The van der Waals surface area contributed by atoms with Crippen LogP contribution in [0.15, 0.2) is 36.0 Å². The first kappa shape index (κ1) is 13.5. The van der Waals surface area contributed by atoms with Crippen molar-refractivity contribution in [1.82, 2.24) is 9.55 Å². The Morgan fingerprint density at radius 2 is 2.42 bits per heavy atom. The van der Waals surface area contributed by atoms with Crippen LogP contribution in [0.4, 0.5) is 0 Å². The topological polar surface area (TPSA) is 64.4 Å². The van der Waals surface area contributed by atoms with Crippen LogP contribution < -0.4 is 4.74 Å². The van der Waals surface area contributed by atoms with Gasteiger partial charge in [-0.25, -0.2) is 4.98 Å². The van der Waals surface area contributed by atoms with Gasteiger partial charge in [-0.2, -0.15) is 0 Å². The van der Waals surface area contributed by atoms with Gasteiger partial charge in [-0.15, -0.1) is 6.58 Å². The van der Waals surface area contributed by atoms with Crippen LogP contribution in [-0.4, -0.2) is 33.5 Å². The Kier molecular flexibility index (Phi) is 4.11. The van der Waals surface area contributed by atoms with E-state index in [2.05, 4.69) is 11.6 Å². The van der Waals surface area contributed by atoms with E-state index in [-0.39, 0.29) is 5.75 Å². The summed E-state index contributed by atoms with van der Waals surface area (Å²) in [6.07, 6.45) is 1.76. The third-order valence-corrected chi connectivity index (χ3v) is 3.52. The highest BCUT2D eigenvalue weighted by molar-refractivity contribution is 7.99. The van der Waals surface area contributed by atoms with Gasteiger partial charge < -0.3 is 14.4 Å². The number of carboxylic acid groups (broad SMARTS) is 1. The first-order chi connectivity index (χ1) is 9.15. The summed E-state index contributed by atoms with van der Waals surface area (Å²) in [6, 6.07) is 5.60. The van der Waals surface area contributed by atoms with Gasteiger partial charge in [0.05, 0.1) is 23.9 Å². The fourth-order valence-electron chi connectivity index (χ4n) is 1.76. The zero-order valence-electron chi connectivity index (χ0n) is 10.5. The van der Waals surface area contributed by atoms with Crippen molar-refractivity contribution in [3.8, 4) is 5.75 Å². The van der Waals surface area contributed by atoms with E-state index in [1.165, 1.54) is 11.8 Å². The van der Waals surface area contributed by atoms with E-state index < -0.39 is 5.97 Å². The molecule has 5 nitrogen and oxygen atoms in total. The number of carbonyl (C=O) groups is 1. The average Bonchev–Trinajstić information content (AvgIpc) is 2.74. The molecule has 0 fully saturated rings. The number of aliphatic carboxylic acids is 1. The van der Waals surface area contributed by atoms with Crippen molar-refractivity contribution < 1.29 is 14.6 Å². The molecule has 0 aliphatic rings. The van der Waals surface area contributed by atoms with Gasteiger partial charge in [0.15, 0.2) is 5.16 Å². The molecule has 100 valence electrons. The zero-order valence-corrected chi connectivity index (χ0v) is 11.3. The molecular formula is C13H14N2O3S. The second-order valence-electron chi connectivity index (χ2n) is 3.83. The number of hydrogen-bond donors (Lipinski definition) is 1. The number of imidazole rings is 1. The lowest BCUT2D eigenvalue weighted by molar-refractivity contribution is -0.133. The van der Waals surface area contributed by atoms with Crippen molar-refractivity contribution in [1.29, 1.82) is 0 Å². The maximum absolute atomic E-state index is 10.7. The van der Waals surface area contributed by atoms with Crippen LogP contribution >= 0.6 is 11.8 Å². The molecule has 0 aliphatic heterocycles. The molecule has 0 radical (unpaired) electrons. The highest BCUT2D eigenvalue weighted by Gasteiger charge is 2.12. The third-order valence-electron chi connectivity index (χ3n) is 2.56. The lowest BCUT2D eigenvalue weighted by Crippen LogP contribution is -2.02. The smallest absolute Gasteiger partial charge is 0.313 e. The fraction of sp³-hybridized carbons (Fsp3) is 0.231. The van der Waals surface area contributed by atoms with Crippen molar-refractivity contribution in [2.75, 3.05) is 12.9 Å². The SMILES string of the molecule is C=CCn1c(SCC(=O)O)nc2cc(OC)ccc21. The van der Waals surface area contributed by atoms with Crippen molar-refractivity contribution in [2.24, 2.45) is 0 Å². The van der Waals surface area contributed by atoms with Gasteiger partial charge in [0, 0.05) is 12.6 Å². The number of nitrogens with zero attached hydrogens (tertiary/aromatic N) is 2. The van der Waals surface area contributed by atoms with E-state index in [1.807, 2.05) is 22.8 Å². The molecule has 0 saturated heterocycles. The number of allylic oxidation sites excluding steroid dienone is 1. The molecule has 2 rings (SSSR count). The van der Waals surface area contributed by atoms with E-state index >= 15 is 0 Å². The zero-order chi connectivity index (χ0) is 13.8. The molecule has 0 amide bonds. The number of methoxy groups -OCH3 is 1. The number of aromatic nitrogens is 2. The molecule has 1 aromatic carbocycles. The van der Waals surface area contributed by atoms with E-state index in [9.17, 15) is 4.79 Å². The Morgan fingerprint density at radius 1 is 1.63 bits per heavy atom. The van der Waals surface area contributed by atoms with Crippen LogP contribution in [0.1, 0.15) is 0 Å². The van der Waals surface area contributed by atoms with Crippen LogP contribution in [0.2, 0.25) is 0 Å². The number of carboxylic acids is 1. The predicted octanol–water partition coefficient (Wildman–Crippen LogP) is 2.41. The highest BCUT2D eigenvalue weighted by atomic mass is 32.2. The molecule has 19 heavy (non-hydrogen) atoms. The standard InChI is InChI=1S/C13H14N2O3S/c1-3-6-15-11-5-4-9(18-2)7-10(11)14-13(15)19-8-12(16)17/h3-5,7H,1,6,8H2,2H3,(H,16,17). The summed E-state index contributed by atoms with van der Waals surface area (Å²) < 4.78 is 7.10. The molecule has 0 spiro atoms. The predicted molar refractivity (Wildman–Crippen MR) is 74.8 cm³/mol. The Morgan fingerprint density at radius 3 is 3.05 bits per heavy atom. The fourth-order valence-corrected chi connectivity index (χ4v) is 2.50. The maximum atomic E-state index is 10.7. The molecule has 1 aromatic heterocycles. The van der Waals surface area contributed by atoms with Gasteiger partial charge >= 0.3 is 5.97 Å². The van der Waals surface area contributed by atoms with Crippen molar-refractivity contribution in [2.45, 2.75) is 11.7 Å². The van der Waals surface area contributed by atoms with Crippen LogP contribution in [0, 0.1) is 0 Å². The van der Waals surface area contributed by atoms with Gasteiger partial charge in [0.25, 0.3) is 0 Å². The highest BCUT2D eigenvalue weighted by Crippen LogP contribution is 2.26. The number of ether oxygens (including phenoxy) is 1. The van der Waals surface area contributed by atoms with Crippen LogP contribution in [0.3, 0.4) is 0 Å². The first-order valence-electron chi connectivity index (χ1n) is 5.65. The van der Waals surface area contributed by atoms with E-state index in [4.69, 9.17) is 9.84 Å². The molecule has 0 saturated carbocycles. The summed E-state index contributed by atoms with van der Waals surface area (Å²) in [7, 11) is 1.60. The molecule has 6 heteroatoms. The number of rotatable bonds is 6. The third kappa shape index (κ3) is 2.90.